The predicted octanol–water partition coefficient (Wildman–Crippen LogP) is 1.44. The van der Waals surface area contributed by atoms with Crippen molar-refractivity contribution >= 4 is 5.91 Å². The molecule has 1 heterocycles. The lowest BCUT2D eigenvalue weighted by atomic mass is 10.2. The molecule has 0 unspecified atom stereocenters. The number of nitrogens with one attached hydrogen (secondary N) is 2. The fourth-order valence-electron chi connectivity index (χ4n) is 2.32. The van der Waals surface area contributed by atoms with E-state index in [1.165, 1.54) is 4.90 Å². The van der Waals surface area contributed by atoms with Crippen molar-refractivity contribution in [2.75, 3.05) is 27.2 Å². The van der Waals surface area contributed by atoms with Gasteiger partial charge in [0.05, 0.1) is 33.5 Å². The first-order chi connectivity index (χ1) is 11.2. The maximum absolute atomic E-state index is 11.9. The van der Waals surface area contributed by atoms with Crippen LogP contribution in [0.1, 0.15) is 24.6 Å². The minimum Gasteiger partial charge on any atom is -0.494 e. The number of carbonyl (C=O) groups is 1. The van der Waals surface area contributed by atoms with Gasteiger partial charge in [0.15, 0.2) is 11.8 Å². The Morgan fingerprint density at radius 1 is 1.22 bits per heavy atom. The van der Waals surface area contributed by atoms with Crippen molar-refractivity contribution in [1.29, 1.82) is 0 Å². The maximum Gasteiger partial charge on any atom is 0.220 e. The minimum absolute atomic E-state index is 0.0412. The molecule has 0 aliphatic carbocycles. The van der Waals surface area contributed by atoms with Crippen LogP contribution in [0.3, 0.4) is 0 Å². The molecule has 0 saturated carbocycles. The first-order valence-electron chi connectivity index (χ1n) is 7.95. The van der Waals surface area contributed by atoms with Crippen LogP contribution >= 0.6 is 0 Å². The van der Waals surface area contributed by atoms with E-state index in [0.717, 1.165) is 11.5 Å². The van der Waals surface area contributed by atoms with Crippen molar-refractivity contribution in [2.45, 2.75) is 18.9 Å². The van der Waals surface area contributed by atoms with Gasteiger partial charge in [0, 0.05) is 6.42 Å². The normalized spacial score (nSPS) is 12.1. The molecule has 0 bridgehead atoms. The van der Waals surface area contributed by atoms with Crippen LogP contribution in [0.5, 0.6) is 5.75 Å². The molecule has 0 spiro atoms. The Morgan fingerprint density at radius 3 is 2.65 bits per heavy atom. The molecule has 0 aliphatic heterocycles. The third-order valence-electron chi connectivity index (χ3n) is 3.65. The summed E-state index contributed by atoms with van der Waals surface area (Å²) in [5.41, 5.74) is 0. The van der Waals surface area contributed by atoms with Gasteiger partial charge in [0.2, 0.25) is 5.91 Å². The summed E-state index contributed by atoms with van der Waals surface area (Å²) in [4.78, 5) is 13.2. The molecule has 2 rings (SSSR count). The molecule has 124 valence electrons. The molecule has 1 atom stereocenters. The zero-order valence-electron chi connectivity index (χ0n) is 13.7. The second-order valence-electron chi connectivity index (χ2n) is 5.71. The maximum atomic E-state index is 11.9. The number of benzene rings is 1. The van der Waals surface area contributed by atoms with Gasteiger partial charge in [-0.2, -0.15) is 0 Å². The SMILES string of the molecule is C[NH+](C)[C@@H](CNC(=O)CCCOc1ccccc1)c1ccco1. The van der Waals surface area contributed by atoms with E-state index in [1.54, 1.807) is 6.26 Å². The molecule has 5 heteroatoms. The van der Waals surface area contributed by atoms with E-state index < -0.39 is 0 Å². The lowest BCUT2D eigenvalue weighted by Gasteiger charge is -2.19. The average Bonchev–Trinajstić information content (AvgIpc) is 3.06. The van der Waals surface area contributed by atoms with Crippen LogP contribution in [-0.4, -0.2) is 33.2 Å². The third-order valence-corrected chi connectivity index (χ3v) is 3.65. The number of carbonyl (C=O) groups excluding carboxylic acids is 1. The zero-order chi connectivity index (χ0) is 16.5. The zero-order valence-corrected chi connectivity index (χ0v) is 13.7. The van der Waals surface area contributed by atoms with Crippen LogP contribution in [0.15, 0.2) is 53.1 Å². The van der Waals surface area contributed by atoms with Gasteiger partial charge in [-0.3, -0.25) is 4.79 Å². The van der Waals surface area contributed by atoms with Gasteiger partial charge in [-0.1, -0.05) is 18.2 Å². The third kappa shape index (κ3) is 5.79. The van der Waals surface area contributed by atoms with Crippen molar-refractivity contribution in [3.8, 4) is 5.75 Å². The lowest BCUT2D eigenvalue weighted by Crippen LogP contribution is -3.07. The molecule has 23 heavy (non-hydrogen) atoms. The number of hydrogen-bond donors (Lipinski definition) is 2. The minimum atomic E-state index is 0.0412. The first kappa shape index (κ1) is 17.1. The highest BCUT2D eigenvalue weighted by Gasteiger charge is 2.21. The number of hydrogen-bond acceptors (Lipinski definition) is 3. The highest BCUT2D eigenvalue weighted by molar-refractivity contribution is 5.75. The second kappa shape index (κ2) is 9.00. The summed E-state index contributed by atoms with van der Waals surface area (Å²) in [6.45, 7) is 1.10. The monoisotopic (exact) mass is 317 g/mol. The van der Waals surface area contributed by atoms with Crippen molar-refractivity contribution < 1.29 is 18.8 Å². The average molecular weight is 317 g/mol. The molecule has 0 saturated heterocycles. The lowest BCUT2D eigenvalue weighted by molar-refractivity contribution is -0.891. The summed E-state index contributed by atoms with van der Waals surface area (Å²) >= 11 is 0. The Kier molecular flexibility index (Phi) is 6.69. The summed E-state index contributed by atoms with van der Waals surface area (Å²) in [5, 5.41) is 2.98. The van der Waals surface area contributed by atoms with Crippen molar-refractivity contribution in [3.05, 3.63) is 54.5 Å². The summed E-state index contributed by atoms with van der Waals surface area (Å²) in [7, 11) is 4.10. The van der Waals surface area contributed by atoms with E-state index >= 15 is 0 Å². The topological polar surface area (TPSA) is 55.9 Å². The van der Waals surface area contributed by atoms with Crippen LogP contribution in [-0.2, 0) is 4.79 Å². The molecular weight excluding hydrogens is 292 g/mol. The molecule has 2 N–H and O–H groups in total. The van der Waals surface area contributed by atoms with E-state index in [0.29, 0.717) is 26.0 Å². The molecular formula is C18H25N2O3+. The smallest absolute Gasteiger partial charge is 0.220 e. The van der Waals surface area contributed by atoms with Gasteiger partial charge in [-0.15, -0.1) is 0 Å². The largest absolute Gasteiger partial charge is 0.494 e. The van der Waals surface area contributed by atoms with Gasteiger partial charge < -0.3 is 19.4 Å². The Hall–Kier alpha value is -2.27. The van der Waals surface area contributed by atoms with Gasteiger partial charge in [0.1, 0.15) is 5.75 Å². The molecule has 1 aromatic heterocycles. The van der Waals surface area contributed by atoms with Crippen molar-refractivity contribution in [3.63, 3.8) is 0 Å². The van der Waals surface area contributed by atoms with Crippen molar-refractivity contribution in [2.24, 2.45) is 0 Å². The Bertz CT molecular complexity index is 567. The van der Waals surface area contributed by atoms with E-state index in [1.807, 2.05) is 56.6 Å². The fourth-order valence-corrected chi connectivity index (χ4v) is 2.32. The quantitative estimate of drug-likeness (QED) is 0.688. The molecule has 5 nitrogen and oxygen atoms in total. The molecule has 2 aromatic rings. The standard InChI is InChI=1S/C18H24N2O3/c1-20(2)16(17-10-6-13-23-17)14-19-18(21)11-7-12-22-15-8-4-3-5-9-15/h3-6,8-10,13,16H,7,11-12,14H2,1-2H3,(H,19,21)/p+1/t16-/m0/s1. The van der Waals surface area contributed by atoms with Crippen LogP contribution in [0.25, 0.3) is 0 Å². The molecule has 0 fully saturated rings. The van der Waals surface area contributed by atoms with Gasteiger partial charge in [-0.25, -0.2) is 0 Å². The van der Waals surface area contributed by atoms with Gasteiger partial charge in [-0.05, 0) is 30.7 Å². The first-order valence-corrected chi connectivity index (χ1v) is 7.95. The number of furan rings is 1. The summed E-state index contributed by atoms with van der Waals surface area (Å²) < 4.78 is 11.0. The van der Waals surface area contributed by atoms with Crippen LogP contribution in [0, 0.1) is 0 Å². The molecule has 1 amide bonds. The number of ether oxygens (including phenoxy) is 1. The number of rotatable bonds is 9. The predicted molar refractivity (Wildman–Crippen MR) is 88.4 cm³/mol. The van der Waals surface area contributed by atoms with Crippen LogP contribution in [0.4, 0.5) is 0 Å². The summed E-state index contributed by atoms with van der Waals surface area (Å²) in [6, 6.07) is 13.6. The van der Waals surface area contributed by atoms with Crippen LogP contribution < -0.4 is 15.0 Å². The Morgan fingerprint density at radius 2 is 2.00 bits per heavy atom. The summed E-state index contributed by atoms with van der Waals surface area (Å²) in [5.74, 6) is 1.76. The number of likely N-dealkylation sites (N-methyl/N-ethyl adjacent to an activating group) is 1. The molecule has 0 aliphatic rings. The second-order valence-corrected chi connectivity index (χ2v) is 5.71. The molecule has 1 aromatic carbocycles. The number of para-hydroxylation sites is 1. The van der Waals surface area contributed by atoms with Crippen molar-refractivity contribution in [1.82, 2.24) is 5.32 Å². The highest BCUT2D eigenvalue weighted by atomic mass is 16.5. The fraction of sp³-hybridized carbons (Fsp3) is 0.389. The number of quaternary nitrogens is 1. The molecule has 0 radical (unpaired) electrons. The Labute approximate surface area is 137 Å². The Balaban J connectivity index is 1.66. The van der Waals surface area contributed by atoms with Crippen LogP contribution in [0.2, 0.25) is 0 Å². The van der Waals surface area contributed by atoms with E-state index in [4.69, 9.17) is 9.15 Å². The van der Waals surface area contributed by atoms with E-state index in [-0.39, 0.29) is 11.9 Å². The number of amides is 1. The summed E-state index contributed by atoms with van der Waals surface area (Å²) in [6.07, 6.45) is 2.81. The highest BCUT2D eigenvalue weighted by Crippen LogP contribution is 2.10. The van der Waals surface area contributed by atoms with E-state index in [2.05, 4.69) is 5.32 Å². The van der Waals surface area contributed by atoms with Gasteiger partial charge >= 0.3 is 0 Å². The van der Waals surface area contributed by atoms with Gasteiger partial charge in [0.25, 0.3) is 0 Å². The van der Waals surface area contributed by atoms with E-state index in [9.17, 15) is 4.79 Å².